The lowest BCUT2D eigenvalue weighted by atomic mass is 10.0. The minimum atomic E-state index is -0.952. The molecule has 0 unspecified atom stereocenters. The van der Waals surface area contributed by atoms with E-state index in [1.165, 1.54) is 12.8 Å². The summed E-state index contributed by atoms with van der Waals surface area (Å²) in [6, 6.07) is -0.231. The smallest absolute Gasteiger partial charge is 0.317 e. The van der Waals surface area contributed by atoms with Gasteiger partial charge < -0.3 is 15.5 Å². The van der Waals surface area contributed by atoms with E-state index < -0.39 is 11.9 Å². The van der Waals surface area contributed by atoms with Crippen LogP contribution in [0.5, 0.6) is 0 Å². The third kappa shape index (κ3) is 11.2. The summed E-state index contributed by atoms with van der Waals surface area (Å²) < 4.78 is 0. The molecule has 0 aromatic carbocycles. The van der Waals surface area contributed by atoms with Crippen molar-refractivity contribution >= 4 is 11.9 Å². The summed E-state index contributed by atoms with van der Waals surface area (Å²) in [6.45, 7) is 1.97. The van der Waals surface area contributed by atoms with E-state index in [2.05, 4.69) is 12.2 Å². The third-order valence-electron chi connectivity index (χ3n) is 2.62. The Balaban J connectivity index is 3.76. The van der Waals surface area contributed by atoms with Crippen molar-refractivity contribution in [3.05, 3.63) is 0 Å². The van der Waals surface area contributed by atoms with Crippen LogP contribution in [0.25, 0.3) is 0 Å². The molecule has 0 saturated carbocycles. The summed E-state index contributed by atoms with van der Waals surface area (Å²) >= 11 is 0. The molecule has 0 aliphatic rings. The van der Waals surface area contributed by atoms with Crippen LogP contribution >= 0.6 is 0 Å². The number of nitrogens with one attached hydrogen (secondary N) is 1. The molecule has 0 saturated heterocycles. The normalized spacial score (nSPS) is 12.3. The van der Waals surface area contributed by atoms with E-state index in [1.54, 1.807) is 0 Å². The fraction of sp³-hybridized carbons (Fsp3) is 0.833. The van der Waals surface area contributed by atoms with E-state index in [4.69, 9.17) is 10.2 Å². The van der Waals surface area contributed by atoms with Gasteiger partial charge in [0.1, 0.15) is 0 Å². The highest BCUT2D eigenvalue weighted by atomic mass is 16.4. The fourth-order valence-electron chi connectivity index (χ4n) is 1.71. The maximum absolute atomic E-state index is 10.6. The Hall–Kier alpha value is -1.10. The fourth-order valence-corrected chi connectivity index (χ4v) is 1.71. The highest BCUT2D eigenvalue weighted by Crippen LogP contribution is 2.09. The Labute approximate surface area is 102 Å². The molecule has 0 bridgehead atoms. The van der Waals surface area contributed by atoms with Crippen LogP contribution in [0.1, 0.15) is 51.9 Å². The lowest BCUT2D eigenvalue weighted by Crippen LogP contribution is -2.35. The van der Waals surface area contributed by atoms with Crippen LogP contribution in [0.3, 0.4) is 0 Å². The van der Waals surface area contributed by atoms with Gasteiger partial charge in [-0.1, -0.05) is 39.0 Å². The summed E-state index contributed by atoms with van der Waals surface area (Å²) in [4.78, 5) is 21.0. The summed E-state index contributed by atoms with van der Waals surface area (Å²) in [7, 11) is 0. The molecule has 5 nitrogen and oxygen atoms in total. The molecule has 0 spiro atoms. The Bertz CT molecular complexity index is 231. The monoisotopic (exact) mass is 245 g/mol. The zero-order chi connectivity index (χ0) is 13.1. The van der Waals surface area contributed by atoms with Crippen LogP contribution in [0.2, 0.25) is 0 Å². The second-order valence-electron chi connectivity index (χ2n) is 4.27. The molecule has 0 amide bonds. The van der Waals surface area contributed by atoms with E-state index in [1.807, 2.05) is 0 Å². The predicted octanol–water partition coefficient (Wildman–Crippen LogP) is 1.86. The summed E-state index contributed by atoms with van der Waals surface area (Å²) in [6.07, 6.45) is 6.28. The van der Waals surface area contributed by atoms with Gasteiger partial charge in [-0.05, 0) is 6.42 Å². The maximum atomic E-state index is 10.6. The van der Waals surface area contributed by atoms with Crippen molar-refractivity contribution in [3.8, 4) is 0 Å². The van der Waals surface area contributed by atoms with E-state index in [0.717, 1.165) is 25.7 Å². The average Bonchev–Trinajstić information content (AvgIpc) is 2.24. The van der Waals surface area contributed by atoms with Crippen molar-refractivity contribution in [3.63, 3.8) is 0 Å². The molecule has 0 aromatic heterocycles. The van der Waals surface area contributed by atoms with Crippen molar-refractivity contribution in [2.75, 3.05) is 6.54 Å². The molecule has 0 aliphatic heterocycles. The lowest BCUT2D eigenvalue weighted by molar-refractivity contribution is -0.139. The van der Waals surface area contributed by atoms with Crippen LogP contribution in [-0.4, -0.2) is 34.7 Å². The molecule has 5 heteroatoms. The second kappa shape index (κ2) is 10.1. The molecule has 100 valence electrons. The number of unbranched alkanes of at least 4 members (excludes halogenated alkanes) is 4. The second-order valence-corrected chi connectivity index (χ2v) is 4.27. The van der Waals surface area contributed by atoms with Gasteiger partial charge in [-0.25, -0.2) is 0 Å². The third-order valence-corrected chi connectivity index (χ3v) is 2.62. The molecule has 3 N–H and O–H groups in total. The molecule has 0 fully saturated rings. The zero-order valence-corrected chi connectivity index (χ0v) is 10.4. The Morgan fingerprint density at radius 3 is 2.24 bits per heavy atom. The van der Waals surface area contributed by atoms with Crippen molar-refractivity contribution < 1.29 is 19.8 Å². The van der Waals surface area contributed by atoms with Crippen molar-refractivity contribution in [1.29, 1.82) is 0 Å². The first kappa shape index (κ1) is 15.9. The number of carboxylic acid groups (broad SMARTS) is 2. The van der Waals surface area contributed by atoms with Crippen LogP contribution < -0.4 is 5.32 Å². The topological polar surface area (TPSA) is 86.6 Å². The number of hydrogen-bond acceptors (Lipinski definition) is 3. The molecule has 0 rings (SSSR count). The van der Waals surface area contributed by atoms with Gasteiger partial charge in [0.2, 0.25) is 0 Å². The van der Waals surface area contributed by atoms with Gasteiger partial charge in [0, 0.05) is 6.04 Å². The quantitative estimate of drug-likeness (QED) is 0.484. The van der Waals surface area contributed by atoms with Crippen molar-refractivity contribution in [2.24, 2.45) is 0 Å². The summed E-state index contributed by atoms with van der Waals surface area (Å²) in [5, 5.41) is 20.0. The number of rotatable bonds is 11. The Morgan fingerprint density at radius 1 is 1.06 bits per heavy atom. The minimum Gasteiger partial charge on any atom is -0.481 e. The molecular formula is C12H23NO4. The SMILES string of the molecule is CCCCCCC[C@H](CC(=O)O)NCC(=O)O. The molecule has 0 aliphatic carbocycles. The lowest BCUT2D eigenvalue weighted by Gasteiger charge is -2.15. The van der Waals surface area contributed by atoms with Gasteiger partial charge >= 0.3 is 11.9 Å². The molecule has 0 radical (unpaired) electrons. The molecule has 17 heavy (non-hydrogen) atoms. The largest absolute Gasteiger partial charge is 0.481 e. The number of aliphatic carboxylic acids is 2. The molecule has 0 heterocycles. The standard InChI is InChI=1S/C12H23NO4/c1-2-3-4-5-6-7-10(8-11(14)15)13-9-12(16)17/h10,13H,2-9H2,1H3,(H,14,15)(H,16,17)/t10-/m1/s1. The van der Waals surface area contributed by atoms with Gasteiger partial charge in [0.05, 0.1) is 13.0 Å². The zero-order valence-electron chi connectivity index (χ0n) is 10.4. The molecular weight excluding hydrogens is 222 g/mol. The maximum Gasteiger partial charge on any atom is 0.317 e. The van der Waals surface area contributed by atoms with Gasteiger partial charge in [0.25, 0.3) is 0 Å². The first-order valence-electron chi connectivity index (χ1n) is 6.23. The van der Waals surface area contributed by atoms with Crippen molar-refractivity contribution in [2.45, 2.75) is 57.9 Å². The van der Waals surface area contributed by atoms with Crippen LogP contribution in [0.15, 0.2) is 0 Å². The number of carboxylic acids is 2. The van der Waals surface area contributed by atoms with Gasteiger partial charge in [-0.2, -0.15) is 0 Å². The summed E-state index contributed by atoms with van der Waals surface area (Å²) in [5.41, 5.74) is 0. The molecule has 1 atom stereocenters. The number of carbonyl (C=O) groups is 2. The van der Waals surface area contributed by atoms with Crippen LogP contribution in [0, 0.1) is 0 Å². The highest BCUT2D eigenvalue weighted by Gasteiger charge is 2.13. The van der Waals surface area contributed by atoms with Gasteiger partial charge in [-0.3, -0.25) is 9.59 Å². The predicted molar refractivity (Wildman–Crippen MR) is 65.1 cm³/mol. The van der Waals surface area contributed by atoms with E-state index in [9.17, 15) is 9.59 Å². The summed E-state index contributed by atoms with van der Waals surface area (Å²) in [5.74, 6) is -1.84. The van der Waals surface area contributed by atoms with E-state index >= 15 is 0 Å². The van der Waals surface area contributed by atoms with Crippen LogP contribution in [-0.2, 0) is 9.59 Å². The van der Waals surface area contributed by atoms with Crippen molar-refractivity contribution in [1.82, 2.24) is 5.32 Å². The van der Waals surface area contributed by atoms with E-state index in [0.29, 0.717) is 0 Å². The first-order chi connectivity index (χ1) is 8.06. The van der Waals surface area contributed by atoms with E-state index in [-0.39, 0.29) is 19.0 Å². The van der Waals surface area contributed by atoms with Gasteiger partial charge in [0.15, 0.2) is 0 Å². The first-order valence-corrected chi connectivity index (χ1v) is 6.23. The Morgan fingerprint density at radius 2 is 1.71 bits per heavy atom. The Kier molecular flexibility index (Phi) is 9.43. The average molecular weight is 245 g/mol. The molecule has 0 aromatic rings. The highest BCUT2D eigenvalue weighted by molar-refractivity contribution is 5.70. The van der Waals surface area contributed by atoms with Crippen LogP contribution in [0.4, 0.5) is 0 Å². The number of hydrogen-bond donors (Lipinski definition) is 3. The van der Waals surface area contributed by atoms with Gasteiger partial charge in [-0.15, -0.1) is 0 Å². The minimum absolute atomic E-state index is 0.0128.